The molecule has 7 rings (SSSR count). The summed E-state index contributed by atoms with van der Waals surface area (Å²) in [6, 6.07) is 25.7. The van der Waals surface area contributed by atoms with Gasteiger partial charge in [0.05, 0.1) is 16.9 Å². The molecule has 206 valence electrons. The largest absolute Gasteiger partial charge is 0.352 e. The van der Waals surface area contributed by atoms with Crippen molar-refractivity contribution in [3.05, 3.63) is 141 Å². The van der Waals surface area contributed by atoms with Crippen molar-refractivity contribution in [2.45, 2.75) is 24.4 Å². The summed E-state index contributed by atoms with van der Waals surface area (Å²) in [5.41, 5.74) is 2.55. The fourth-order valence-electron chi connectivity index (χ4n) is 7.00. The molecular weight excluding hydrogens is 530 g/mol. The number of benzene rings is 4. The highest BCUT2D eigenvalue weighted by atomic mass is 16.6. The number of hydrogen-bond acceptors (Lipinski definition) is 6. The van der Waals surface area contributed by atoms with Crippen molar-refractivity contribution in [2.24, 2.45) is 5.92 Å². The maximum absolute atomic E-state index is 14.8. The highest BCUT2D eigenvalue weighted by Crippen LogP contribution is 2.58. The Balaban J connectivity index is 1.54. The molecule has 0 bridgehead atoms. The van der Waals surface area contributed by atoms with Crippen LogP contribution in [0.1, 0.15) is 37.4 Å². The molecule has 1 saturated heterocycles. The number of nitrogens with zero attached hydrogens (tertiary/aromatic N) is 2. The van der Waals surface area contributed by atoms with Crippen LogP contribution in [0.2, 0.25) is 0 Å². The van der Waals surface area contributed by atoms with Crippen LogP contribution in [0.3, 0.4) is 0 Å². The van der Waals surface area contributed by atoms with Gasteiger partial charge in [-0.2, -0.15) is 0 Å². The van der Waals surface area contributed by atoms with Gasteiger partial charge >= 0.3 is 0 Å². The number of rotatable bonds is 5. The first-order valence-corrected chi connectivity index (χ1v) is 13.7. The van der Waals surface area contributed by atoms with Gasteiger partial charge in [0.15, 0.2) is 11.6 Å². The van der Waals surface area contributed by atoms with Crippen molar-refractivity contribution >= 4 is 40.6 Å². The molecule has 0 aliphatic carbocycles. The zero-order valence-corrected chi connectivity index (χ0v) is 22.6. The standard InChI is InChI=1S/C34H25N3O5/c1-20-14-15-21-16-17-28-34(25-12-5-6-13-26(25)35-33(34)40)29(31(38)23-10-7-11-24(19-23)37(41)42)30(36(28)27(21)18-20)32(39)22-8-3-2-4-9-22/h2-19,28-30H,1H3,(H,35,40)/t28-,29+,30-,34+/m1/s1. The molecule has 0 saturated carbocycles. The van der Waals surface area contributed by atoms with Crippen molar-refractivity contribution in [3.63, 3.8) is 0 Å². The van der Waals surface area contributed by atoms with E-state index in [1.54, 1.807) is 30.3 Å². The van der Waals surface area contributed by atoms with Crippen LogP contribution in [0.5, 0.6) is 0 Å². The summed E-state index contributed by atoms with van der Waals surface area (Å²) in [5.74, 6) is -2.39. The SMILES string of the molecule is Cc1ccc2c(c1)N1[C@@H](C(=O)c3ccccc3)[C@@H](C(=O)c3cccc([N+](=O)[O-])c3)[C@@]3(C(=O)Nc4ccccc43)[C@H]1C=C2. The fourth-order valence-corrected chi connectivity index (χ4v) is 7.00. The second kappa shape index (κ2) is 9.34. The molecule has 0 unspecified atom stereocenters. The fraction of sp³-hybridized carbons (Fsp3) is 0.147. The van der Waals surface area contributed by atoms with Crippen molar-refractivity contribution < 1.29 is 19.3 Å². The minimum absolute atomic E-state index is 0.0740. The Morgan fingerprint density at radius 3 is 2.40 bits per heavy atom. The monoisotopic (exact) mass is 555 g/mol. The Hall–Kier alpha value is -5.37. The molecule has 8 nitrogen and oxygen atoms in total. The molecule has 1 amide bonds. The summed E-state index contributed by atoms with van der Waals surface area (Å²) in [5, 5.41) is 14.6. The molecule has 3 heterocycles. The van der Waals surface area contributed by atoms with Crippen LogP contribution in [0.4, 0.5) is 17.1 Å². The van der Waals surface area contributed by atoms with E-state index in [0.29, 0.717) is 16.8 Å². The van der Waals surface area contributed by atoms with E-state index in [-0.39, 0.29) is 22.9 Å². The van der Waals surface area contributed by atoms with E-state index in [1.165, 1.54) is 24.3 Å². The second-order valence-electron chi connectivity index (χ2n) is 11.0. The van der Waals surface area contributed by atoms with Crippen molar-refractivity contribution in [2.75, 3.05) is 10.2 Å². The Labute approximate surface area is 241 Å². The van der Waals surface area contributed by atoms with E-state index in [2.05, 4.69) is 5.32 Å². The summed E-state index contributed by atoms with van der Waals surface area (Å²) in [6.07, 6.45) is 3.85. The minimum Gasteiger partial charge on any atom is -0.352 e. The second-order valence-corrected chi connectivity index (χ2v) is 11.0. The van der Waals surface area contributed by atoms with Crippen LogP contribution < -0.4 is 10.2 Å². The van der Waals surface area contributed by atoms with Crippen LogP contribution in [0, 0.1) is 23.0 Å². The van der Waals surface area contributed by atoms with E-state index in [9.17, 15) is 24.5 Å². The summed E-state index contributed by atoms with van der Waals surface area (Å²) in [6.45, 7) is 1.96. The first-order chi connectivity index (χ1) is 20.3. The summed E-state index contributed by atoms with van der Waals surface area (Å²) in [7, 11) is 0. The molecule has 0 aromatic heterocycles. The molecule has 3 aliphatic rings. The number of aryl methyl sites for hydroxylation is 1. The number of carbonyl (C=O) groups excluding carboxylic acids is 3. The normalized spacial score (nSPS) is 23.2. The van der Waals surface area contributed by atoms with Gasteiger partial charge in [-0.15, -0.1) is 0 Å². The lowest BCUT2D eigenvalue weighted by Gasteiger charge is -2.37. The van der Waals surface area contributed by atoms with Gasteiger partial charge in [0.1, 0.15) is 11.5 Å². The molecular formula is C34H25N3O5. The quantitative estimate of drug-likeness (QED) is 0.191. The number of carbonyl (C=O) groups is 3. The van der Waals surface area contributed by atoms with Crippen LogP contribution >= 0.6 is 0 Å². The number of fused-ring (bicyclic) bond motifs is 6. The zero-order chi connectivity index (χ0) is 29.2. The maximum Gasteiger partial charge on any atom is 0.270 e. The highest BCUT2D eigenvalue weighted by Gasteiger charge is 2.70. The van der Waals surface area contributed by atoms with Crippen LogP contribution in [-0.2, 0) is 10.2 Å². The number of nitro groups is 1. The number of para-hydroxylation sites is 1. The van der Waals surface area contributed by atoms with Gasteiger partial charge < -0.3 is 10.2 Å². The molecule has 1 spiro atoms. The zero-order valence-electron chi connectivity index (χ0n) is 22.6. The van der Waals surface area contributed by atoms with Crippen molar-refractivity contribution in [1.82, 2.24) is 0 Å². The van der Waals surface area contributed by atoms with Crippen molar-refractivity contribution in [1.29, 1.82) is 0 Å². The lowest BCUT2D eigenvalue weighted by Crippen LogP contribution is -2.51. The molecule has 4 aromatic carbocycles. The summed E-state index contributed by atoms with van der Waals surface area (Å²) < 4.78 is 0. The van der Waals surface area contributed by atoms with Crippen LogP contribution in [0.25, 0.3) is 6.08 Å². The van der Waals surface area contributed by atoms with E-state index in [0.717, 1.165) is 16.8 Å². The molecule has 3 aliphatic heterocycles. The highest BCUT2D eigenvalue weighted by molar-refractivity contribution is 6.18. The number of amides is 1. The Morgan fingerprint density at radius 2 is 1.62 bits per heavy atom. The number of non-ortho nitro benzene ring substituents is 1. The molecule has 1 fully saturated rings. The topological polar surface area (TPSA) is 110 Å². The van der Waals surface area contributed by atoms with Gasteiger partial charge in [0, 0.05) is 34.6 Å². The predicted octanol–water partition coefficient (Wildman–Crippen LogP) is 5.76. The Morgan fingerprint density at radius 1 is 0.881 bits per heavy atom. The van der Waals surface area contributed by atoms with E-state index in [4.69, 9.17) is 0 Å². The first-order valence-electron chi connectivity index (χ1n) is 13.7. The number of hydrogen-bond donors (Lipinski definition) is 1. The summed E-state index contributed by atoms with van der Waals surface area (Å²) >= 11 is 0. The first kappa shape index (κ1) is 25.6. The van der Waals surface area contributed by atoms with Gasteiger partial charge in [0.25, 0.3) is 5.69 Å². The van der Waals surface area contributed by atoms with Crippen LogP contribution in [-0.4, -0.2) is 34.5 Å². The van der Waals surface area contributed by atoms with Gasteiger partial charge in [-0.1, -0.05) is 84.9 Å². The molecule has 1 N–H and O–H groups in total. The molecule has 4 aromatic rings. The van der Waals surface area contributed by atoms with E-state index in [1.807, 2.05) is 66.4 Å². The molecule has 42 heavy (non-hydrogen) atoms. The molecule has 8 heteroatoms. The lowest BCUT2D eigenvalue weighted by molar-refractivity contribution is -0.384. The lowest BCUT2D eigenvalue weighted by atomic mass is 9.64. The van der Waals surface area contributed by atoms with E-state index < -0.39 is 34.1 Å². The average molecular weight is 556 g/mol. The Kier molecular flexibility index (Phi) is 5.69. The summed E-state index contributed by atoms with van der Waals surface area (Å²) in [4.78, 5) is 56.8. The smallest absolute Gasteiger partial charge is 0.270 e. The van der Waals surface area contributed by atoms with Gasteiger partial charge in [0.2, 0.25) is 5.91 Å². The third-order valence-electron chi connectivity index (χ3n) is 8.74. The number of anilines is 2. The third-order valence-corrected chi connectivity index (χ3v) is 8.74. The Bertz CT molecular complexity index is 1850. The van der Waals surface area contributed by atoms with Crippen molar-refractivity contribution in [3.8, 4) is 0 Å². The number of nitrogens with one attached hydrogen (secondary N) is 1. The molecule has 4 atom stereocenters. The van der Waals surface area contributed by atoms with E-state index >= 15 is 0 Å². The van der Waals surface area contributed by atoms with Gasteiger partial charge in [-0.25, -0.2) is 0 Å². The minimum atomic E-state index is -1.48. The third kappa shape index (κ3) is 3.51. The maximum atomic E-state index is 14.8. The number of ketones is 2. The average Bonchev–Trinajstić information content (AvgIpc) is 3.49. The molecule has 0 radical (unpaired) electrons. The van der Waals surface area contributed by atoms with Gasteiger partial charge in [-0.05, 0) is 35.7 Å². The number of Topliss-reactive ketones (excluding diaryl/α,β-unsaturated/α-hetero) is 2. The number of nitro benzene ring substituents is 1. The van der Waals surface area contributed by atoms with Gasteiger partial charge in [-0.3, -0.25) is 24.5 Å². The predicted molar refractivity (Wildman–Crippen MR) is 159 cm³/mol. The van der Waals surface area contributed by atoms with Crippen LogP contribution in [0.15, 0.2) is 103 Å².